The van der Waals surface area contributed by atoms with E-state index in [1.54, 1.807) is 6.20 Å². The standard InChI is InChI=1S/C11H15ClN/c1-2-3-4-5-6-11-8-7-10(12)9-13-11/h7-9H,1-6H2. The summed E-state index contributed by atoms with van der Waals surface area (Å²) in [5, 5.41) is 0.710. The lowest BCUT2D eigenvalue weighted by atomic mass is 10.1. The van der Waals surface area contributed by atoms with Crippen LogP contribution in [0, 0.1) is 6.92 Å². The Morgan fingerprint density at radius 3 is 2.69 bits per heavy atom. The number of pyridine rings is 1. The van der Waals surface area contributed by atoms with Crippen LogP contribution in [0.5, 0.6) is 0 Å². The zero-order valence-corrected chi connectivity index (χ0v) is 8.56. The third-order valence-electron chi connectivity index (χ3n) is 1.97. The average Bonchev–Trinajstić information content (AvgIpc) is 2.15. The molecule has 0 aliphatic carbocycles. The average molecular weight is 197 g/mol. The highest BCUT2D eigenvalue weighted by Crippen LogP contribution is 2.09. The van der Waals surface area contributed by atoms with Crippen molar-refractivity contribution in [3.63, 3.8) is 0 Å². The predicted molar refractivity (Wildman–Crippen MR) is 56.8 cm³/mol. The fourth-order valence-corrected chi connectivity index (χ4v) is 1.33. The van der Waals surface area contributed by atoms with Crippen molar-refractivity contribution in [1.29, 1.82) is 0 Å². The van der Waals surface area contributed by atoms with Gasteiger partial charge in [-0.1, -0.05) is 37.8 Å². The van der Waals surface area contributed by atoms with Crippen LogP contribution in [0.1, 0.15) is 31.4 Å². The van der Waals surface area contributed by atoms with Crippen molar-refractivity contribution in [3.8, 4) is 0 Å². The lowest BCUT2D eigenvalue weighted by Gasteiger charge is -1.99. The SMILES string of the molecule is [CH2]CCCCCc1ccc(Cl)cn1. The van der Waals surface area contributed by atoms with Crippen LogP contribution in [0.25, 0.3) is 0 Å². The third kappa shape index (κ3) is 4.28. The van der Waals surface area contributed by atoms with Crippen LogP contribution in [-0.4, -0.2) is 4.98 Å². The van der Waals surface area contributed by atoms with Crippen molar-refractivity contribution in [2.45, 2.75) is 32.1 Å². The maximum atomic E-state index is 5.72. The van der Waals surface area contributed by atoms with E-state index >= 15 is 0 Å². The molecule has 0 aromatic carbocycles. The van der Waals surface area contributed by atoms with Gasteiger partial charge < -0.3 is 0 Å². The number of hydrogen-bond donors (Lipinski definition) is 0. The molecule has 0 saturated carbocycles. The van der Waals surface area contributed by atoms with Gasteiger partial charge in [-0.15, -0.1) is 0 Å². The Morgan fingerprint density at radius 2 is 2.08 bits per heavy atom. The molecule has 0 spiro atoms. The first-order valence-corrected chi connectivity index (χ1v) is 5.10. The van der Waals surface area contributed by atoms with Gasteiger partial charge in [0.05, 0.1) is 5.02 Å². The van der Waals surface area contributed by atoms with Crippen LogP contribution >= 0.6 is 11.6 Å². The molecule has 71 valence electrons. The van der Waals surface area contributed by atoms with Crippen LogP contribution < -0.4 is 0 Å². The maximum absolute atomic E-state index is 5.72. The second kappa shape index (κ2) is 5.98. The molecule has 0 amide bonds. The minimum atomic E-state index is 0.710. The Balaban J connectivity index is 2.25. The molecule has 0 saturated heterocycles. The minimum absolute atomic E-state index is 0.710. The number of aromatic nitrogens is 1. The van der Waals surface area contributed by atoms with Gasteiger partial charge in [0.15, 0.2) is 0 Å². The molecule has 0 fully saturated rings. The van der Waals surface area contributed by atoms with E-state index in [2.05, 4.69) is 11.9 Å². The van der Waals surface area contributed by atoms with E-state index < -0.39 is 0 Å². The molecule has 13 heavy (non-hydrogen) atoms. The summed E-state index contributed by atoms with van der Waals surface area (Å²) in [6.45, 7) is 3.81. The minimum Gasteiger partial charge on any atom is -0.260 e. The molecule has 0 bridgehead atoms. The molecule has 1 aromatic rings. The van der Waals surface area contributed by atoms with Gasteiger partial charge in [0.1, 0.15) is 0 Å². The third-order valence-corrected chi connectivity index (χ3v) is 2.20. The molecule has 0 aliphatic rings. The van der Waals surface area contributed by atoms with Gasteiger partial charge in [-0.3, -0.25) is 4.98 Å². The zero-order chi connectivity index (χ0) is 9.52. The van der Waals surface area contributed by atoms with Gasteiger partial charge >= 0.3 is 0 Å². The number of aryl methyl sites for hydroxylation is 1. The predicted octanol–water partition coefficient (Wildman–Crippen LogP) is 3.67. The lowest BCUT2D eigenvalue weighted by Crippen LogP contribution is -1.89. The van der Waals surface area contributed by atoms with Crippen molar-refractivity contribution < 1.29 is 0 Å². The molecule has 0 unspecified atom stereocenters. The van der Waals surface area contributed by atoms with E-state index in [9.17, 15) is 0 Å². The van der Waals surface area contributed by atoms with Gasteiger partial charge in [0.25, 0.3) is 0 Å². The first-order valence-electron chi connectivity index (χ1n) is 4.72. The van der Waals surface area contributed by atoms with E-state index in [0.717, 1.165) is 18.5 Å². The Hall–Kier alpha value is -0.560. The zero-order valence-electron chi connectivity index (χ0n) is 7.80. The highest BCUT2D eigenvalue weighted by Gasteiger charge is 1.94. The monoisotopic (exact) mass is 196 g/mol. The molecule has 1 radical (unpaired) electrons. The number of rotatable bonds is 5. The van der Waals surface area contributed by atoms with Crippen molar-refractivity contribution >= 4 is 11.6 Å². The molecule has 0 atom stereocenters. The Labute approximate surface area is 85.1 Å². The van der Waals surface area contributed by atoms with Gasteiger partial charge in [-0.25, -0.2) is 0 Å². The van der Waals surface area contributed by atoms with Gasteiger partial charge in [-0.05, 0) is 25.0 Å². The number of nitrogens with zero attached hydrogens (tertiary/aromatic N) is 1. The lowest BCUT2D eigenvalue weighted by molar-refractivity contribution is 0.678. The largest absolute Gasteiger partial charge is 0.260 e. The Bertz CT molecular complexity index is 230. The fourth-order valence-electron chi connectivity index (χ4n) is 1.21. The van der Waals surface area contributed by atoms with E-state index in [4.69, 9.17) is 11.6 Å². The summed E-state index contributed by atoms with van der Waals surface area (Å²) in [7, 11) is 0. The summed E-state index contributed by atoms with van der Waals surface area (Å²) >= 11 is 5.72. The molecule has 1 aromatic heterocycles. The molecule has 1 heterocycles. The summed E-state index contributed by atoms with van der Waals surface area (Å²) in [6.07, 6.45) is 7.45. The number of unbranched alkanes of at least 4 members (excludes halogenated alkanes) is 3. The highest BCUT2D eigenvalue weighted by molar-refractivity contribution is 6.30. The highest BCUT2D eigenvalue weighted by atomic mass is 35.5. The molecular weight excluding hydrogens is 182 g/mol. The number of halogens is 1. The van der Waals surface area contributed by atoms with Crippen LogP contribution in [0.2, 0.25) is 5.02 Å². The fraction of sp³-hybridized carbons (Fsp3) is 0.455. The van der Waals surface area contributed by atoms with Crippen LogP contribution in [0.4, 0.5) is 0 Å². The Morgan fingerprint density at radius 1 is 1.23 bits per heavy atom. The van der Waals surface area contributed by atoms with E-state index in [1.807, 2.05) is 12.1 Å². The Kier molecular flexibility index (Phi) is 4.84. The van der Waals surface area contributed by atoms with Crippen molar-refractivity contribution in [2.24, 2.45) is 0 Å². The quantitative estimate of drug-likeness (QED) is 0.655. The van der Waals surface area contributed by atoms with E-state index in [-0.39, 0.29) is 0 Å². The normalized spacial score (nSPS) is 10.3. The van der Waals surface area contributed by atoms with Crippen LogP contribution in [0.15, 0.2) is 18.3 Å². The molecule has 1 rings (SSSR count). The summed E-state index contributed by atoms with van der Waals surface area (Å²) in [5.74, 6) is 0. The first-order chi connectivity index (χ1) is 6.33. The van der Waals surface area contributed by atoms with Gasteiger partial charge in [0.2, 0.25) is 0 Å². The van der Waals surface area contributed by atoms with Crippen molar-refractivity contribution in [2.75, 3.05) is 0 Å². The van der Waals surface area contributed by atoms with Gasteiger partial charge in [-0.2, -0.15) is 0 Å². The summed E-state index contributed by atoms with van der Waals surface area (Å²) in [6, 6.07) is 3.89. The van der Waals surface area contributed by atoms with Gasteiger partial charge in [0, 0.05) is 11.9 Å². The summed E-state index contributed by atoms with van der Waals surface area (Å²) < 4.78 is 0. The van der Waals surface area contributed by atoms with Crippen LogP contribution in [-0.2, 0) is 6.42 Å². The van der Waals surface area contributed by atoms with Crippen molar-refractivity contribution in [3.05, 3.63) is 36.0 Å². The summed E-state index contributed by atoms with van der Waals surface area (Å²) in [4.78, 5) is 4.23. The smallest absolute Gasteiger partial charge is 0.0589 e. The molecular formula is C11H15ClN. The molecule has 1 nitrogen and oxygen atoms in total. The van der Waals surface area contributed by atoms with E-state index in [1.165, 1.54) is 19.3 Å². The van der Waals surface area contributed by atoms with Crippen LogP contribution in [0.3, 0.4) is 0 Å². The molecule has 0 aliphatic heterocycles. The number of hydrogen-bond acceptors (Lipinski definition) is 1. The first kappa shape index (κ1) is 10.5. The van der Waals surface area contributed by atoms with E-state index in [0.29, 0.717) is 5.02 Å². The topological polar surface area (TPSA) is 12.9 Å². The molecule has 0 N–H and O–H groups in total. The molecule has 2 heteroatoms. The van der Waals surface area contributed by atoms with Crippen molar-refractivity contribution in [1.82, 2.24) is 4.98 Å². The second-order valence-corrected chi connectivity index (χ2v) is 3.57. The maximum Gasteiger partial charge on any atom is 0.0589 e. The summed E-state index contributed by atoms with van der Waals surface area (Å²) in [5.41, 5.74) is 1.13. The second-order valence-electron chi connectivity index (χ2n) is 3.13.